The zero-order valence-electron chi connectivity index (χ0n) is 22.8. The highest BCUT2D eigenvalue weighted by Gasteiger charge is 2.42. The van der Waals surface area contributed by atoms with Crippen molar-refractivity contribution in [2.24, 2.45) is 5.41 Å². The first kappa shape index (κ1) is 26.3. The summed E-state index contributed by atoms with van der Waals surface area (Å²) in [5, 5.41) is 4.18. The molecule has 1 unspecified atom stereocenters. The van der Waals surface area contributed by atoms with E-state index in [1.807, 2.05) is 53.4 Å². The van der Waals surface area contributed by atoms with Crippen molar-refractivity contribution in [3.05, 3.63) is 88.8 Å². The van der Waals surface area contributed by atoms with Crippen LogP contribution in [-0.4, -0.2) is 59.3 Å². The van der Waals surface area contributed by atoms with Crippen LogP contribution in [0.2, 0.25) is 5.02 Å². The van der Waals surface area contributed by atoms with Crippen molar-refractivity contribution >= 4 is 40.6 Å². The van der Waals surface area contributed by atoms with Crippen molar-refractivity contribution < 1.29 is 9.59 Å². The minimum Gasteiger partial charge on any atom is -0.357 e. The Hall–Kier alpha value is -3.91. The van der Waals surface area contributed by atoms with Gasteiger partial charge in [0.1, 0.15) is 0 Å². The highest BCUT2D eigenvalue weighted by atomic mass is 35.5. The Balaban J connectivity index is 1.37. The molecule has 1 aromatic heterocycles. The first-order valence-corrected chi connectivity index (χ1v) is 14.1. The third-order valence-electron chi connectivity index (χ3n) is 7.98. The Bertz CT molecular complexity index is 1470. The largest absolute Gasteiger partial charge is 0.357 e. The summed E-state index contributed by atoms with van der Waals surface area (Å²) in [5.74, 6) is 0.776. The molecule has 1 fully saturated rings. The van der Waals surface area contributed by atoms with Crippen LogP contribution in [0.25, 0.3) is 0 Å². The van der Waals surface area contributed by atoms with Gasteiger partial charge in [0.05, 0.1) is 24.0 Å². The summed E-state index contributed by atoms with van der Waals surface area (Å²) in [6.45, 7) is 6.82. The Morgan fingerprint density at radius 1 is 0.975 bits per heavy atom. The van der Waals surface area contributed by atoms with E-state index < -0.39 is 6.04 Å². The van der Waals surface area contributed by atoms with E-state index in [2.05, 4.69) is 38.9 Å². The highest BCUT2D eigenvalue weighted by Crippen LogP contribution is 2.49. The number of Topliss-reactive ketones (excluding diaryl/α,β-unsaturated/α-hetero) is 1. The number of nitrogens with one attached hydrogen (secondary N) is 1. The minimum absolute atomic E-state index is 0.00752. The first-order chi connectivity index (χ1) is 19.3. The zero-order valence-corrected chi connectivity index (χ0v) is 23.6. The van der Waals surface area contributed by atoms with Crippen LogP contribution >= 0.6 is 11.6 Å². The van der Waals surface area contributed by atoms with E-state index >= 15 is 0 Å². The van der Waals surface area contributed by atoms with E-state index in [0.717, 1.165) is 29.1 Å². The number of piperazine rings is 1. The van der Waals surface area contributed by atoms with Crippen LogP contribution in [0.5, 0.6) is 0 Å². The molecule has 0 spiro atoms. The number of fused-ring (bicyclic) bond motifs is 1. The van der Waals surface area contributed by atoms with E-state index in [-0.39, 0.29) is 23.7 Å². The van der Waals surface area contributed by atoms with E-state index in [1.165, 1.54) is 0 Å². The number of rotatable bonds is 4. The van der Waals surface area contributed by atoms with Gasteiger partial charge >= 0.3 is 0 Å². The number of aromatic nitrogens is 2. The summed E-state index contributed by atoms with van der Waals surface area (Å²) in [6.07, 6.45) is 4.64. The number of carbonyl (C=O) groups is 2. The Morgan fingerprint density at radius 2 is 1.68 bits per heavy atom. The number of halogens is 1. The third kappa shape index (κ3) is 5.04. The van der Waals surface area contributed by atoms with Crippen molar-refractivity contribution in [3.8, 4) is 0 Å². The highest BCUT2D eigenvalue weighted by molar-refractivity contribution is 6.31. The Labute approximate surface area is 239 Å². The number of ketones is 1. The number of para-hydroxylation sites is 2. The summed E-state index contributed by atoms with van der Waals surface area (Å²) < 4.78 is 0. The van der Waals surface area contributed by atoms with E-state index in [4.69, 9.17) is 11.6 Å². The van der Waals surface area contributed by atoms with Gasteiger partial charge in [-0.1, -0.05) is 55.8 Å². The number of hydrogen-bond donors (Lipinski definition) is 1. The molecule has 0 saturated carbocycles. The summed E-state index contributed by atoms with van der Waals surface area (Å²) in [5.41, 5.74) is 4.01. The lowest BCUT2D eigenvalue weighted by Gasteiger charge is -2.40. The average Bonchev–Trinajstić information content (AvgIpc) is 3.07. The maximum Gasteiger partial charge on any atom is 0.242 e. The summed E-state index contributed by atoms with van der Waals surface area (Å²) in [6, 6.07) is 16.9. The first-order valence-electron chi connectivity index (χ1n) is 13.7. The van der Waals surface area contributed by atoms with Crippen LogP contribution < -0.4 is 15.1 Å². The normalized spacial score (nSPS) is 20.4. The fourth-order valence-corrected chi connectivity index (χ4v) is 6.34. The molecule has 3 aliphatic rings. The van der Waals surface area contributed by atoms with Gasteiger partial charge in [0.15, 0.2) is 5.78 Å². The molecule has 0 radical (unpaired) electrons. The van der Waals surface area contributed by atoms with Crippen molar-refractivity contribution in [3.63, 3.8) is 0 Å². The number of allylic oxidation sites excluding steroid dienone is 1. The van der Waals surface area contributed by atoms with E-state index in [9.17, 15) is 9.59 Å². The molecule has 1 N–H and O–H groups in total. The number of nitrogens with zero attached hydrogens (tertiary/aromatic N) is 5. The molecule has 8 nitrogen and oxygen atoms in total. The predicted molar refractivity (Wildman–Crippen MR) is 157 cm³/mol. The fraction of sp³-hybridized carbons (Fsp3) is 0.355. The smallest absolute Gasteiger partial charge is 0.242 e. The lowest BCUT2D eigenvalue weighted by Crippen LogP contribution is -2.52. The lowest BCUT2D eigenvalue weighted by atomic mass is 9.73. The number of benzene rings is 2. The van der Waals surface area contributed by atoms with Gasteiger partial charge in [-0.25, -0.2) is 9.97 Å². The van der Waals surface area contributed by atoms with Crippen LogP contribution in [0.15, 0.2) is 78.3 Å². The second-order valence-corrected chi connectivity index (χ2v) is 11.9. The van der Waals surface area contributed by atoms with Gasteiger partial charge in [0.25, 0.3) is 0 Å². The Kier molecular flexibility index (Phi) is 6.96. The molecule has 1 amide bonds. The number of hydrogen-bond acceptors (Lipinski definition) is 7. The van der Waals surface area contributed by atoms with Crippen LogP contribution in [0.4, 0.5) is 17.3 Å². The van der Waals surface area contributed by atoms with Gasteiger partial charge in [-0.2, -0.15) is 0 Å². The van der Waals surface area contributed by atoms with Crippen LogP contribution in [0.3, 0.4) is 0 Å². The van der Waals surface area contributed by atoms with Crippen molar-refractivity contribution in [1.29, 1.82) is 0 Å². The van der Waals surface area contributed by atoms with Crippen molar-refractivity contribution in [2.45, 2.75) is 32.7 Å². The lowest BCUT2D eigenvalue weighted by molar-refractivity contribution is -0.130. The molecule has 2 aliphatic heterocycles. The van der Waals surface area contributed by atoms with Gasteiger partial charge in [-0.3, -0.25) is 9.59 Å². The SMILES string of the molecule is CC1(C)CC(=O)C2=C(C1)Nc1ccccc1N(CC(=O)N1CCN(c3ncccn3)CC1)C2c1ccccc1Cl. The quantitative estimate of drug-likeness (QED) is 0.479. The molecule has 3 aromatic rings. The van der Waals surface area contributed by atoms with Crippen molar-refractivity contribution in [2.75, 3.05) is 47.8 Å². The maximum absolute atomic E-state index is 13.9. The number of carbonyl (C=O) groups excluding carboxylic acids is 2. The summed E-state index contributed by atoms with van der Waals surface area (Å²) in [7, 11) is 0. The van der Waals surface area contributed by atoms with Crippen LogP contribution in [0, 0.1) is 5.41 Å². The minimum atomic E-state index is -0.494. The summed E-state index contributed by atoms with van der Waals surface area (Å²) in [4.78, 5) is 42.6. The molecular formula is C31H33ClN6O2. The molecule has 0 bridgehead atoms. The van der Waals surface area contributed by atoms with E-state index in [0.29, 0.717) is 49.1 Å². The van der Waals surface area contributed by atoms with Crippen molar-refractivity contribution in [1.82, 2.24) is 14.9 Å². The van der Waals surface area contributed by atoms with Gasteiger partial charge < -0.3 is 20.0 Å². The van der Waals surface area contributed by atoms with Gasteiger partial charge in [-0.15, -0.1) is 0 Å². The van der Waals surface area contributed by atoms with Crippen LogP contribution in [0.1, 0.15) is 38.3 Å². The third-order valence-corrected chi connectivity index (χ3v) is 8.32. The molecule has 9 heteroatoms. The topological polar surface area (TPSA) is 81.7 Å². The zero-order chi connectivity index (χ0) is 27.9. The molecule has 6 rings (SSSR count). The predicted octanol–water partition coefficient (Wildman–Crippen LogP) is 5.10. The molecule has 1 saturated heterocycles. The monoisotopic (exact) mass is 556 g/mol. The molecule has 1 atom stereocenters. The maximum atomic E-state index is 13.9. The van der Waals surface area contributed by atoms with E-state index in [1.54, 1.807) is 18.5 Å². The standard InChI is InChI=1S/C31H33ClN6O2/c1-31(2)18-24-28(26(39)19-31)29(21-8-3-4-9-22(21)32)38(25-11-6-5-10-23(25)35-24)20-27(40)36-14-16-37(17-15-36)30-33-12-7-13-34-30/h3-13,29,35H,14-20H2,1-2H3. The number of amides is 1. The molecule has 1 aliphatic carbocycles. The Morgan fingerprint density at radius 3 is 2.42 bits per heavy atom. The average molecular weight is 557 g/mol. The molecule has 2 aromatic carbocycles. The van der Waals surface area contributed by atoms with Gasteiger partial charge in [0, 0.05) is 61.3 Å². The second kappa shape index (κ2) is 10.6. The number of anilines is 3. The molecular weight excluding hydrogens is 524 g/mol. The fourth-order valence-electron chi connectivity index (χ4n) is 6.10. The molecule has 3 heterocycles. The van der Waals surface area contributed by atoms with Gasteiger partial charge in [-0.05, 0) is 41.7 Å². The second-order valence-electron chi connectivity index (χ2n) is 11.4. The molecule has 206 valence electrons. The summed E-state index contributed by atoms with van der Waals surface area (Å²) >= 11 is 6.80. The van der Waals surface area contributed by atoms with Crippen LogP contribution in [-0.2, 0) is 9.59 Å². The molecule has 40 heavy (non-hydrogen) atoms. The van der Waals surface area contributed by atoms with Gasteiger partial charge in [0.2, 0.25) is 11.9 Å².